The Morgan fingerprint density at radius 3 is 2.68 bits per heavy atom. The number of nitrogens with zero attached hydrogens (tertiary/aromatic N) is 1. The Morgan fingerprint density at radius 1 is 1.07 bits per heavy atom. The minimum Gasteiger partial charge on any atom is -0.491 e. The van der Waals surface area contributed by atoms with Crippen LogP contribution in [-0.4, -0.2) is 41.4 Å². The van der Waals surface area contributed by atoms with Crippen LogP contribution < -0.4 is 4.74 Å². The summed E-state index contributed by atoms with van der Waals surface area (Å²) >= 11 is 1.57. The molecule has 0 spiro atoms. The Balaban J connectivity index is 1.60. The lowest BCUT2D eigenvalue weighted by molar-refractivity contribution is 0.0744. The summed E-state index contributed by atoms with van der Waals surface area (Å²) in [7, 11) is 1.99. The number of likely N-dealkylation sites (N-methyl/N-ethyl adjacent to an activating group) is 1. The van der Waals surface area contributed by atoms with Crippen molar-refractivity contribution in [2.75, 3.05) is 20.2 Å². The molecule has 1 atom stereocenters. The Labute approximate surface area is 170 Å². The fourth-order valence-corrected chi connectivity index (χ4v) is 4.04. The third-order valence-corrected chi connectivity index (χ3v) is 5.50. The average Bonchev–Trinajstić information content (AvgIpc) is 3.15. The van der Waals surface area contributed by atoms with Gasteiger partial charge in [-0.1, -0.05) is 36.4 Å². The molecule has 4 nitrogen and oxygen atoms in total. The number of benzene rings is 2. The van der Waals surface area contributed by atoms with Crippen LogP contribution in [0.1, 0.15) is 16.0 Å². The van der Waals surface area contributed by atoms with E-state index in [0.29, 0.717) is 13.1 Å². The topological polar surface area (TPSA) is 52.9 Å². The molecule has 0 saturated heterocycles. The summed E-state index contributed by atoms with van der Waals surface area (Å²) in [5.41, 5.74) is 4.52. The number of thiophene rings is 1. The highest BCUT2D eigenvalue weighted by molar-refractivity contribution is 7.10. The summed E-state index contributed by atoms with van der Waals surface area (Å²) in [6.45, 7) is 3.54. The molecule has 0 fully saturated rings. The van der Waals surface area contributed by atoms with E-state index in [1.165, 1.54) is 5.56 Å². The molecule has 2 N–H and O–H groups in total. The average molecular weight is 398 g/mol. The monoisotopic (exact) mass is 397 g/mol. The van der Waals surface area contributed by atoms with Crippen LogP contribution in [-0.2, 0) is 13.2 Å². The standard InChI is InChI=1S/C23H27NO3S/c1-17-6-5-8-20(12-17)27-16-19(26)14-24(2)13-18-7-3-4-9-21(18)22-10-11-28-23(22)15-25/h3-12,19,25-26H,13-16H2,1-2H3. The summed E-state index contributed by atoms with van der Waals surface area (Å²) in [5, 5.41) is 22.0. The van der Waals surface area contributed by atoms with Gasteiger partial charge in [-0.15, -0.1) is 11.3 Å². The molecule has 5 heteroatoms. The van der Waals surface area contributed by atoms with Crippen molar-refractivity contribution in [3.05, 3.63) is 76.0 Å². The minimum absolute atomic E-state index is 0.0478. The molecule has 1 aromatic heterocycles. The highest BCUT2D eigenvalue weighted by Gasteiger charge is 2.14. The zero-order valence-electron chi connectivity index (χ0n) is 16.3. The first-order valence-electron chi connectivity index (χ1n) is 9.38. The number of hydrogen-bond acceptors (Lipinski definition) is 5. The molecule has 3 aromatic rings. The van der Waals surface area contributed by atoms with Crippen LogP contribution in [0, 0.1) is 6.92 Å². The number of ether oxygens (including phenoxy) is 1. The second-order valence-corrected chi connectivity index (χ2v) is 8.05. The lowest BCUT2D eigenvalue weighted by Crippen LogP contribution is -2.32. The Hall–Kier alpha value is -2.18. The van der Waals surface area contributed by atoms with Crippen molar-refractivity contribution in [2.45, 2.75) is 26.2 Å². The molecule has 28 heavy (non-hydrogen) atoms. The first kappa shape index (κ1) is 20.6. The van der Waals surface area contributed by atoms with Crippen LogP contribution in [0.15, 0.2) is 60.0 Å². The van der Waals surface area contributed by atoms with Crippen LogP contribution in [0.3, 0.4) is 0 Å². The first-order valence-corrected chi connectivity index (χ1v) is 10.3. The second kappa shape index (κ2) is 9.85. The summed E-state index contributed by atoms with van der Waals surface area (Å²) in [4.78, 5) is 3.07. The number of aliphatic hydroxyl groups is 2. The van der Waals surface area contributed by atoms with Crippen LogP contribution in [0.4, 0.5) is 0 Å². The van der Waals surface area contributed by atoms with Gasteiger partial charge in [-0.3, -0.25) is 4.90 Å². The van der Waals surface area contributed by atoms with E-state index in [-0.39, 0.29) is 13.2 Å². The molecule has 0 aliphatic heterocycles. The van der Waals surface area contributed by atoms with Gasteiger partial charge in [0.1, 0.15) is 18.5 Å². The van der Waals surface area contributed by atoms with Crippen molar-refractivity contribution < 1.29 is 14.9 Å². The van der Waals surface area contributed by atoms with Gasteiger partial charge >= 0.3 is 0 Å². The van der Waals surface area contributed by atoms with Crippen molar-refractivity contribution in [2.24, 2.45) is 0 Å². The molecule has 0 bridgehead atoms. The van der Waals surface area contributed by atoms with Crippen LogP contribution in [0.2, 0.25) is 0 Å². The highest BCUT2D eigenvalue weighted by atomic mass is 32.1. The Bertz CT molecular complexity index is 893. The zero-order valence-corrected chi connectivity index (χ0v) is 17.2. The van der Waals surface area contributed by atoms with Crippen molar-refractivity contribution >= 4 is 11.3 Å². The van der Waals surface area contributed by atoms with Crippen molar-refractivity contribution in [3.8, 4) is 16.9 Å². The minimum atomic E-state index is -0.577. The van der Waals surface area contributed by atoms with Gasteiger partial charge in [0.15, 0.2) is 0 Å². The number of aliphatic hydroxyl groups excluding tert-OH is 2. The zero-order chi connectivity index (χ0) is 19.9. The van der Waals surface area contributed by atoms with Gasteiger partial charge in [-0.05, 0) is 59.8 Å². The fraction of sp³-hybridized carbons (Fsp3) is 0.304. The van der Waals surface area contributed by atoms with Gasteiger partial charge in [-0.25, -0.2) is 0 Å². The van der Waals surface area contributed by atoms with Gasteiger partial charge in [0.25, 0.3) is 0 Å². The lowest BCUT2D eigenvalue weighted by Gasteiger charge is -2.22. The largest absolute Gasteiger partial charge is 0.491 e. The SMILES string of the molecule is Cc1cccc(OCC(O)CN(C)Cc2ccccc2-c2ccsc2CO)c1. The molecule has 3 rings (SSSR count). The van der Waals surface area contributed by atoms with E-state index in [1.807, 2.05) is 55.7 Å². The molecule has 2 aromatic carbocycles. The third kappa shape index (κ3) is 5.42. The van der Waals surface area contributed by atoms with E-state index in [2.05, 4.69) is 23.1 Å². The van der Waals surface area contributed by atoms with E-state index in [4.69, 9.17) is 4.74 Å². The number of hydrogen-bond donors (Lipinski definition) is 2. The van der Waals surface area contributed by atoms with Crippen LogP contribution in [0.5, 0.6) is 5.75 Å². The fourth-order valence-electron chi connectivity index (χ4n) is 3.29. The number of rotatable bonds is 9. The molecule has 0 radical (unpaired) electrons. The second-order valence-electron chi connectivity index (χ2n) is 7.05. The van der Waals surface area contributed by atoms with E-state index in [0.717, 1.165) is 27.3 Å². The van der Waals surface area contributed by atoms with Gasteiger partial charge in [0, 0.05) is 18.0 Å². The summed E-state index contributed by atoms with van der Waals surface area (Å²) in [6.07, 6.45) is -0.577. The maximum atomic E-state index is 10.4. The van der Waals surface area contributed by atoms with Crippen molar-refractivity contribution in [3.63, 3.8) is 0 Å². The lowest BCUT2D eigenvalue weighted by atomic mass is 10.00. The molecule has 148 valence electrons. The van der Waals surface area contributed by atoms with Crippen molar-refractivity contribution in [1.82, 2.24) is 4.90 Å². The predicted molar refractivity (Wildman–Crippen MR) is 115 cm³/mol. The first-order chi connectivity index (χ1) is 13.6. The molecule has 1 heterocycles. The molecule has 0 saturated carbocycles. The van der Waals surface area contributed by atoms with E-state index in [9.17, 15) is 10.2 Å². The summed E-state index contributed by atoms with van der Waals surface area (Å²) < 4.78 is 5.71. The van der Waals surface area contributed by atoms with Gasteiger partial charge in [-0.2, -0.15) is 0 Å². The maximum absolute atomic E-state index is 10.4. The molecule has 0 aliphatic rings. The molecule has 1 unspecified atom stereocenters. The molecular formula is C23H27NO3S. The predicted octanol–water partition coefficient (Wildman–Crippen LogP) is 4.09. The molecular weight excluding hydrogens is 370 g/mol. The highest BCUT2D eigenvalue weighted by Crippen LogP contribution is 2.31. The Morgan fingerprint density at radius 2 is 1.89 bits per heavy atom. The van der Waals surface area contributed by atoms with Crippen LogP contribution >= 0.6 is 11.3 Å². The Kier molecular flexibility index (Phi) is 7.23. The normalized spacial score (nSPS) is 12.3. The van der Waals surface area contributed by atoms with Gasteiger partial charge in [0.05, 0.1) is 6.61 Å². The maximum Gasteiger partial charge on any atom is 0.119 e. The van der Waals surface area contributed by atoms with Gasteiger partial charge < -0.3 is 14.9 Å². The van der Waals surface area contributed by atoms with E-state index in [1.54, 1.807) is 11.3 Å². The molecule has 0 amide bonds. The summed E-state index contributed by atoms with van der Waals surface area (Å²) in [6, 6.07) is 18.1. The third-order valence-electron chi connectivity index (χ3n) is 4.59. The van der Waals surface area contributed by atoms with E-state index >= 15 is 0 Å². The van der Waals surface area contributed by atoms with E-state index < -0.39 is 6.10 Å². The molecule has 0 aliphatic carbocycles. The smallest absolute Gasteiger partial charge is 0.119 e. The van der Waals surface area contributed by atoms with Crippen molar-refractivity contribution in [1.29, 1.82) is 0 Å². The summed E-state index contributed by atoms with van der Waals surface area (Å²) in [5.74, 6) is 0.779. The quantitative estimate of drug-likeness (QED) is 0.571. The van der Waals surface area contributed by atoms with Crippen LogP contribution in [0.25, 0.3) is 11.1 Å². The van der Waals surface area contributed by atoms with Gasteiger partial charge in [0.2, 0.25) is 0 Å². The number of aryl methyl sites for hydroxylation is 1.